The van der Waals surface area contributed by atoms with Gasteiger partial charge in [0.1, 0.15) is 0 Å². The van der Waals surface area contributed by atoms with E-state index in [1.807, 2.05) is 0 Å². The molecule has 0 radical (unpaired) electrons. The maximum absolute atomic E-state index is 6.71. The largest absolute Gasteiger partial charge is 0.325 e. The molecule has 1 heteroatoms. The molecule has 2 atom stereocenters. The Morgan fingerprint density at radius 3 is 2.61 bits per heavy atom. The van der Waals surface area contributed by atoms with Gasteiger partial charge in [-0.25, -0.2) is 0 Å². The fourth-order valence-corrected chi connectivity index (χ4v) is 4.17. The Morgan fingerprint density at radius 1 is 1.28 bits per heavy atom. The Hall–Kier alpha value is -0.820. The molecule has 0 amide bonds. The monoisotopic (exact) mass is 245 g/mol. The van der Waals surface area contributed by atoms with E-state index < -0.39 is 0 Å². The zero-order valence-corrected chi connectivity index (χ0v) is 12.3. The molecule has 1 aromatic carbocycles. The van der Waals surface area contributed by atoms with Gasteiger partial charge in [-0.15, -0.1) is 0 Å². The van der Waals surface area contributed by atoms with E-state index in [-0.39, 0.29) is 5.54 Å². The summed E-state index contributed by atoms with van der Waals surface area (Å²) in [5.74, 6) is 0.739. The van der Waals surface area contributed by atoms with E-state index in [1.54, 1.807) is 0 Å². The molecule has 0 bridgehead atoms. The molecule has 0 spiro atoms. The maximum atomic E-state index is 6.71. The average molecular weight is 245 g/mol. The summed E-state index contributed by atoms with van der Waals surface area (Å²) in [5, 5.41) is 0. The van der Waals surface area contributed by atoms with E-state index in [0.29, 0.717) is 5.41 Å². The van der Waals surface area contributed by atoms with E-state index in [4.69, 9.17) is 5.73 Å². The normalized spacial score (nSPS) is 31.3. The molecule has 1 aromatic rings. The van der Waals surface area contributed by atoms with Gasteiger partial charge in [0.05, 0.1) is 0 Å². The van der Waals surface area contributed by atoms with E-state index in [9.17, 15) is 0 Å². The Labute approximate surface area is 112 Å². The molecular formula is C17H27N. The lowest BCUT2D eigenvalue weighted by Crippen LogP contribution is -2.50. The van der Waals surface area contributed by atoms with Gasteiger partial charge in [-0.05, 0) is 49.5 Å². The molecule has 1 aliphatic carbocycles. The maximum Gasteiger partial charge on any atom is 0.0202 e. The number of nitrogens with two attached hydrogens (primary N) is 1. The van der Waals surface area contributed by atoms with Crippen molar-refractivity contribution < 1.29 is 0 Å². The minimum atomic E-state index is -0.0189. The van der Waals surface area contributed by atoms with Crippen molar-refractivity contribution in [3.8, 4) is 0 Å². The first-order valence-corrected chi connectivity index (χ1v) is 7.13. The van der Waals surface area contributed by atoms with Crippen LogP contribution in [0, 0.1) is 18.3 Å². The first kappa shape index (κ1) is 13.6. The van der Waals surface area contributed by atoms with E-state index in [0.717, 1.165) is 25.2 Å². The Morgan fingerprint density at radius 2 is 2.00 bits per heavy atom. The van der Waals surface area contributed by atoms with Gasteiger partial charge in [0.2, 0.25) is 0 Å². The first-order chi connectivity index (χ1) is 8.28. The van der Waals surface area contributed by atoms with Crippen molar-refractivity contribution in [3.63, 3.8) is 0 Å². The third-order valence-electron chi connectivity index (χ3n) is 4.13. The molecule has 2 unspecified atom stereocenters. The molecule has 0 aliphatic heterocycles. The van der Waals surface area contributed by atoms with Crippen LogP contribution in [-0.4, -0.2) is 5.54 Å². The quantitative estimate of drug-likeness (QED) is 0.834. The van der Waals surface area contributed by atoms with Gasteiger partial charge in [-0.2, -0.15) is 0 Å². The van der Waals surface area contributed by atoms with Crippen LogP contribution in [0.25, 0.3) is 0 Å². The molecule has 100 valence electrons. The van der Waals surface area contributed by atoms with Gasteiger partial charge in [0.15, 0.2) is 0 Å². The second-order valence-electron chi connectivity index (χ2n) is 7.38. The van der Waals surface area contributed by atoms with Crippen LogP contribution >= 0.6 is 0 Å². The van der Waals surface area contributed by atoms with Crippen LogP contribution in [0.2, 0.25) is 0 Å². The molecule has 1 nitrogen and oxygen atoms in total. The van der Waals surface area contributed by atoms with Crippen LogP contribution in [0.1, 0.15) is 51.2 Å². The van der Waals surface area contributed by atoms with Gasteiger partial charge in [0.25, 0.3) is 0 Å². The van der Waals surface area contributed by atoms with Crippen molar-refractivity contribution in [1.29, 1.82) is 0 Å². The molecule has 2 N–H and O–H groups in total. The summed E-state index contributed by atoms with van der Waals surface area (Å²) in [6.07, 6.45) is 4.62. The molecule has 0 aromatic heterocycles. The summed E-state index contributed by atoms with van der Waals surface area (Å²) in [5.41, 5.74) is 9.80. The Kier molecular flexibility index (Phi) is 3.55. The zero-order chi connectivity index (χ0) is 13.4. The summed E-state index contributed by atoms with van der Waals surface area (Å²) in [6, 6.07) is 8.79. The SMILES string of the molecule is Cc1cccc(CC2(N)CC(C)CC(C)(C)C2)c1. The number of hydrogen-bond acceptors (Lipinski definition) is 1. The Bertz CT molecular complexity index is 421. The predicted molar refractivity (Wildman–Crippen MR) is 78.6 cm³/mol. The van der Waals surface area contributed by atoms with Crippen LogP contribution in [0.15, 0.2) is 24.3 Å². The second-order valence-corrected chi connectivity index (χ2v) is 7.38. The molecular weight excluding hydrogens is 218 g/mol. The predicted octanol–water partition coefficient (Wildman–Crippen LogP) is 4.08. The zero-order valence-electron chi connectivity index (χ0n) is 12.3. The molecule has 1 saturated carbocycles. The van der Waals surface area contributed by atoms with Crippen molar-refractivity contribution in [2.24, 2.45) is 17.1 Å². The minimum Gasteiger partial charge on any atom is -0.325 e. The van der Waals surface area contributed by atoms with Crippen molar-refractivity contribution in [3.05, 3.63) is 35.4 Å². The second kappa shape index (κ2) is 4.70. The minimum absolute atomic E-state index is 0.0189. The van der Waals surface area contributed by atoms with Gasteiger partial charge < -0.3 is 5.73 Å². The lowest BCUT2D eigenvalue weighted by atomic mass is 9.63. The Balaban J connectivity index is 2.16. The number of hydrogen-bond donors (Lipinski definition) is 1. The standard InChI is InChI=1S/C17H27N/c1-13-6-5-7-15(8-13)11-17(18)10-14(2)9-16(3,4)12-17/h5-8,14H,9-12,18H2,1-4H3. The van der Waals surface area contributed by atoms with Crippen molar-refractivity contribution in [2.45, 2.75) is 58.9 Å². The molecule has 18 heavy (non-hydrogen) atoms. The van der Waals surface area contributed by atoms with Crippen molar-refractivity contribution in [2.75, 3.05) is 0 Å². The lowest BCUT2D eigenvalue weighted by molar-refractivity contribution is 0.108. The van der Waals surface area contributed by atoms with Crippen LogP contribution in [-0.2, 0) is 6.42 Å². The topological polar surface area (TPSA) is 26.0 Å². The summed E-state index contributed by atoms with van der Waals surface area (Å²) in [7, 11) is 0. The third-order valence-corrected chi connectivity index (χ3v) is 4.13. The summed E-state index contributed by atoms with van der Waals surface area (Å²) in [6.45, 7) is 9.22. The molecule has 1 fully saturated rings. The van der Waals surface area contributed by atoms with Gasteiger partial charge in [-0.1, -0.05) is 50.6 Å². The lowest BCUT2D eigenvalue weighted by Gasteiger charge is -2.46. The highest BCUT2D eigenvalue weighted by molar-refractivity contribution is 5.24. The fraction of sp³-hybridized carbons (Fsp3) is 0.647. The summed E-state index contributed by atoms with van der Waals surface area (Å²) in [4.78, 5) is 0. The van der Waals surface area contributed by atoms with E-state index in [2.05, 4.69) is 52.0 Å². The molecule has 0 saturated heterocycles. The van der Waals surface area contributed by atoms with Crippen LogP contribution < -0.4 is 5.73 Å². The first-order valence-electron chi connectivity index (χ1n) is 7.13. The highest BCUT2D eigenvalue weighted by atomic mass is 14.8. The molecule has 1 aliphatic rings. The van der Waals surface area contributed by atoms with Gasteiger partial charge >= 0.3 is 0 Å². The third kappa shape index (κ3) is 3.35. The molecule has 0 heterocycles. The van der Waals surface area contributed by atoms with Crippen LogP contribution in [0.5, 0.6) is 0 Å². The van der Waals surface area contributed by atoms with Crippen LogP contribution in [0.4, 0.5) is 0 Å². The van der Waals surface area contributed by atoms with Crippen molar-refractivity contribution in [1.82, 2.24) is 0 Å². The average Bonchev–Trinajstić information content (AvgIpc) is 2.11. The highest BCUT2D eigenvalue weighted by Crippen LogP contribution is 2.43. The number of benzene rings is 1. The van der Waals surface area contributed by atoms with Gasteiger partial charge in [0, 0.05) is 5.54 Å². The fourth-order valence-electron chi connectivity index (χ4n) is 4.17. The van der Waals surface area contributed by atoms with Crippen molar-refractivity contribution >= 4 is 0 Å². The van der Waals surface area contributed by atoms with E-state index >= 15 is 0 Å². The molecule has 2 rings (SSSR count). The highest BCUT2D eigenvalue weighted by Gasteiger charge is 2.40. The summed E-state index contributed by atoms with van der Waals surface area (Å²) < 4.78 is 0. The number of aryl methyl sites for hydroxylation is 1. The number of rotatable bonds is 2. The van der Waals surface area contributed by atoms with Gasteiger partial charge in [-0.3, -0.25) is 0 Å². The smallest absolute Gasteiger partial charge is 0.0202 e. The van der Waals surface area contributed by atoms with Crippen LogP contribution in [0.3, 0.4) is 0 Å². The summed E-state index contributed by atoms with van der Waals surface area (Å²) >= 11 is 0. The van der Waals surface area contributed by atoms with E-state index in [1.165, 1.54) is 17.5 Å².